The predicted octanol–water partition coefficient (Wildman–Crippen LogP) is 0.891. The van der Waals surface area contributed by atoms with Crippen molar-refractivity contribution in [2.45, 2.75) is 31.7 Å². The minimum absolute atomic E-state index is 0.330. The Hall–Kier alpha value is -1.40. The van der Waals surface area contributed by atoms with Gasteiger partial charge in [-0.2, -0.15) is 0 Å². The van der Waals surface area contributed by atoms with Crippen LogP contribution in [0.25, 0.3) is 0 Å². The van der Waals surface area contributed by atoms with E-state index in [1.807, 2.05) is 6.07 Å². The Morgan fingerprint density at radius 1 is 1.47 bits per heavy atom. The van der Waals surface area contributed by atoms with Crippen molar-refractivity contribution < 1.29 is 19.4 Å². The molecule has 5 nitrogen and oxygen atoms in total. The van der Waals surface area contributed by atoms with Gasteiger partial charge in [-0.3, -0.25) is 4.79 Å². The normalized spacial score (nSPS) is 15.5. The molecule has 104 valence electrons. The zero-order valence-corrected chi connectivity index (χ0v) is 11.6. The highest BCUT2D eigenvalue weighted by atomic mass is 32.1. The van der Waals surface area contributed by atoms with E-state index in [1.165, 1.54) is 28.9 Å². The van der Waals surface area contributed by atoms with Crippen molar-refractivity contribution in [1.82, 2.24) is 5.32 Å². The summed E-state index contributed by atoms with van der Waals surface area (Å²) in [6, 6.07) is 0.886. The fourth-order valence-electron chi connectivity index (χ4n) is 2.15. The van der Waals surface area contributed by atoms with E-state index in [0.29, 0.717) is 4.88 Å². The molecule has 1 aliphatic carbocycles. The van der Waals surface area contributed by atoms with E-state index < -0.39 is 18.6 Å². The number of methoxy groups -OCH3 is 1. The first kappa shape index (κ1) is 14.0. The van der Waals surface area contributed by atoms with Gasteiger partial charge in [0.1, 0.15) is 0 Å². The molecule has 0 bridgehead atoms. The summed E-state index contributed by atoms with van der Waals surface area (Å²) >= 11 is 1.47. The number of carbonyl (C=O) groups excluding carboxylic acids is 2. The maximum Gasteiger partial charge on any atom is 0.330 e. The van der Waals surface area contributed by atoms with Crippen LogP contribution in [0.5, 0.6) is 0 Å². The molecule has 19 heavy (non-hydrogen) atoms. The van der Waals surface area contributed by atoms with Gasteiger partial charge in [-0.05, 0) is 37.3 Å². The maximum atomic E-state index is 12.0. The van der Waals surface area contributed by atoms with E-state index >= 15 is 0 Å². The van der Waals surface area contributed by atoms with Gasteiger partial charge in [0.15, 0.2) is 6.04 Å². The lowest BCUT2D eigenvalue weighted by Gasteiger charge is -2.12. The molecule has 0 radical (unpaired) electrons. The molecular formula is C13H17NO4S. The van der Waals surface area contributed by atoms with Crippen LogP contribution in [-0.2, 0) is 22.4 Å². The van der Waals surface area contributed by atoms with E-state index in [0.717, 1.165) is 25.7 Å². The van der Waals surface area contributed by atoms with Crippen LogP contribution in [0.1, 0.15) is 33.0 Å². The smallest absolute Gasteiger partial charge is 0.330 e. The molecule has 0 saturated heterocycles. The van der Waals surface area contributed by atoms with E-state index in [1.54, 1.807) is 0 Å². The number of fused-ring (bicyclic) bond motifs is 1. The highest BCUT2D eigenvalue weighted by molar-refractivity contribution is 7.14. The standard InChI is InChI=1S/C13H17NO4S/c1-18-13(17)9(7-15)14-12(16)11-6-8-4-2-3-5-10(8)19-11/h6,9,15H,2-5,7H2,1H3,(H,14,16). The molecule has 1 aliphatic rings. The minimum atomic E-state index is -1.00. The second-order valence-electron chi connectivity index (χ2n) is 4.50. The van der Waals surface area contributed by atoms with Crippen molar-refractivity contribution in [1.29, 1.82) is 0 Å². The third-order valence-corrected chi connectivity index (χ3v) is 4.43. The summed E-state index contributed by atoms with van der Waals surface area (Å²) in [7, 11) is 1.22. The third-order valence-electron chi connectivity index (χ3n) is 3.19. The Bertz CT molecular complexity index is 459. The number of amides is 1. The summed E-state index contributed by atoms with van der Waals surface area (Å²) < 4.78 is 4.51. The molecule has 1 atom stereocenters. The largest absolute Gasteiger partial charge is 0.467 e. The van der Waals surface area contributed by atoms with Gasteiger partial charge in [-0.25, -0.2) is 4.79 Å². The molecule has 0 spiro atoms. The lowest BCUT2D eigenvalue weighted by molar-refractivity contribution is -0.143. The number of esters is 1. The molecule has 2 rings (SSSR count). The first-order valence-electron chi connectivity index (χ1n) is 6.27. The van der Waals surface area contributed by atoms with Gasteiger partial charge in [-0.15, -0.1) is 11.3 Å². The lowest BCUT2D eigenvalue weighted by atomic mass is 9.99. The van der Waals surface area contributed by atoms with Crippen molar-refractivity contribution in [3.8, 4) is 0 Å². The van der Waals surface area contributed by atoms with Gasteiger partial charge in [0.05, 0.1) is 18.6 Å². The number of aliphatic hydroxyl groups excluding tert-OH is 1. The molecule has 6 heteroatoms. The van der Waals surface area contributed by atoms with Crippen LogP contribution in [0, 0.1) is 0 Å². The highest BCUT2D eigenvalue weighted by Crippen LogP contribution is 2.29. The zero-order valence-electron chi connectivity index (χ0n) is 10.8. The molecule has 1 aromatic heterocycles. The predicted molar refractivity (Wildman–Crippen MR) is 71.3 cm³/mol. The van der Waals surface area contributed by atoms with Crippen LogP contribution in [0.2, 0.25) is 0 Å². The van der Waals surface area contributed by atoms with Crippen LogP contribution >= 0.6 is 11.3 Å². The molecule has 1 amide bonds. The van der Waals surface area contributed by atoms with Crippen molar-refractivity contribution in [2.75, 3.05) is 13.7 Å². The summed E-state index contributed by atoms with van der Waals surface area (Å²) in [5, 5.41) is 11.6. The number of rotatable bonds is 4. The summed E-state index contributed by atoms with van der Waals surface area (Å²) in [5.41, 5.74) is 1.24. The number of aryl methyl sites for hydroxylation is 2. The van der Waals surface area contributed by atoms with E-state index in [-0.39, 0.29) is 5.91 Å². The highest BCUT2D eigenvalue weighted by Gasteiger charge is 2.23. The van der Waals surface area contributed by atoms with Crippen molar-refractivity contribution in [3.05, 3.63) is 21.4 Å². The summed E-state index contributed by atoms with van der Waals surface area (Å²) in [4.78, 5) is 25.2. The van der Waals surface area contributed by atoms with Crippen LogP contribution in [0.4, 0.5) is 0 Å². The fraction of sp³-hybridized carbons (Fsp3) is 0.538. The second kappa shape index (κ2) is 6.16. The molecule has 1 unspecified atom stereocenters. The molecule has 0 aliphatic heterocycles. The Kier molecular flexibility index (Phi) is 4.55. The molecule has 0 aromatic carbocycles. The lowest BCUT2D eigenvalue weighted by Crippen LogP contribution is -2.43. The quantitative estimate of drug-likeness (QED) is 0.805. The number of hydrogen-bond donors (Lipinski definition) is 2. The Balaban J connectivity index is 2.07. The monoisotopic (exact) mass is 283 g/mol. The average molecular weight is 283 g/mol. The molecule has 0 fully saturated rings. The topological polar surface area (TPSA) is 75.6 Å². The van der Waals surface area contributed by atoms with Gasteiger partial charge in [0.2, 0.25) is 0 Å². The van der Waals surface area contributed by atoms with Gasteiger partial charge in [0, 0.05) is 4.88 Å². The Morgan fingerprint density at radius 3 is 2.84 bits per heavy atom. The Labute approximate surface area is 115 Å². The van der Waals surface area contributed by atoms with E-state index in [2.05, 4.69) is 10.1 Å². The van der Waals surface area contributed by atoms with Crippen LogP contribution in [0.3, 0.4) is 0 Å². The summed E-state index contributed by atoms with van der Waals surface area (Å²) in [6.07, 6.45) is 4.36. The molecule has 2 N–H and O–H groups in total. The summed E-state index contributed by atoms with van der Waals surface area (Å²) in [5.74, 6) is -0.971. The van der Waals surface area contributed by atoms with Crippen molar-refractivity contribution >= 4 is 23.2 Å². The van der Waals surface area contributed by atoms with Gasteiger partial charge in [-0.1, -0.05) is 0 Å². The number of thiophene rings is 1. The van der Waals surface area contributed by atoms with Gasteiger partial charge < -0.3 is 15.2 Å². The van der Waals surface area contributed by atoms with E-state index in [4.69, 9.17) is 5.11 Å². The van der Waals surface area contributed by atoms with Gasteiger partial charge >= 0.3 is 5.97 Å². The molecule has 1 heterocycles. The molecule has 1 aromatic rings. The average Bonchev–Trinajstić information content (AvgIpc) is 2.87. The number of aliphatic hydroxyl groups is 1. The van der Waals surface area contributed by atoms with Crippen molar-refractivity contribution in [2.24, 2.45) is 0 Å². The van der Waals surface area contributed by atoms with Crippen molar-refractivity contribution in [3.63, 3.8) is 0 Å². The van der Waals surface area contributed by atoms with Crippen LogP contribution in [-0.4, -0.2) is 36.7 Å². The number of nitrogens with one attached hydrogen (secondary N) is 1. The minimum Gasteiger partial charge on any atom is -0.467 e. The SMILES string of the molecule is COC(=O)C(CO)NC(=O)c1cc2c(s1)CCCC2. The van der Waals surface area contributed by atoms with Gasteiger partial charge in [0.25, 0.3) is 5.91 Å². The maximum absolute atomic E-state index is 12.0. The van der Waals surface area contributed by atoms with Crippen LogP contribution < -0.4 is 5.32 Å². The van der Waals surface area contributed by atoms with Crippen LogP contribution in [0.15, 0.2) is 6.07 Å². The first-order valence-corrected chi connectivity index (χ1v) is 7.08. The number of carbonyl (C=O) groups is 2. The number of ether oxygens (including phenoxy) is 1. The number of hydrogen-bond acceptors (Lipinski definition) is 5. The third kappa shape index (κ3) is 3.13. The molecular weight excluding hydrogens is 266 g/mol. The fourth-order valence-corrected chi connectivity index (χ4v) is 3.31. The zero-order chi connectivity index (χ0) is 13.8. The molecule has 0 saturated carbocycles. The first-order chi connectivity index (χ1) is 9.15. The Morgan fingerprint density at radius 2 is 2.21 bits per heavy atom. The summed E-state index contributed by atoms with van der Waals surface area (Å²) in [6.45, 7) is -0.469. The second-order valence-corrected chi connectivity index (χ2v) is 5.63. The van der Waals surface area contributed by atoms with E-state index in [9.17, 15) is 9.59 Å².